The van der Waals surface area contributed by atoms with Gasteiger partial charge >= 0.3 is 32.7 Å². The smallest absolute Gasteiger partial charge is 0.660 e. The third kappa shape index (κ3) is 3.59. The molecule has 1 saturated heterocycles. The van der Waals surface area contributed by atoms with E-state index in [4.69, 9.17) is 0 Å². The molecule has 0 aliphatic carbocycles. The molecule has 1 rings (SSSR count). The van der Waals surface area contributed by atoms with Crippen LogP contribution in [0.3, 0.4) is 0 Å². The molecule has 0 radical (unpaired) electrons. The van der Waals surface area contributed by atoms with E-state index >= 15 is 0 Å². The second-order valence-corrected chi connectivity index (χ2v) is 1.42. The number of piperazine rings is 1. The summed E-state index contributed by atoms with van der Waals surface area (Å²) in [5, 5.41) is 7.31. The third-order valence-electron chi connectivity index (χ3n) is 0.893. The van der Waals surface area contributed by atoms with Gasteiger partial charge in [0, 0.05) is 0 Å². The SMILES string of the molecule is C1CNCC[N-]1.[Y+3]. The van der Waals surface area contributed by atoms with Crippen LogP contribution in [0.15, 0.2) is 0 Å². The first-order valence-electron chi connectivity index (χ1n) is 2.34. The van der Waals surface area contributed by atoms with E-state index in [0.717, 1.165) is 26.2 Å². The predicted octanol–water partition coefficient (Wildman–Crippen LogP) is -0.0392. The maximum Gasteiger partial charge on any atom is 3.00 e. The number of nitrogens with zero attached hydrogens (tertiary/aromatic N) is 1. The van der Waals surface area contributed by atoms with Crippen molar-refractivity contribution >= 4 is 0 Å². The molecule has 0 amide bonds. The molecule has 0 saturated carbocycles. The molecule has 36 valence electrons. The second kappa shape index (κ2) is 5.17. The second-order valence-electron chi connectivity index (χ2n) is 1.42. The summed E-state index contributed by atoms with van der Waals surface area (Å²) in [6.45, 7) is 4.19. The molecule has 3 heteroatoms. The Balaban J connectivity index is 0.000000360. The van der Waals surface area contributed by atoms with Gasteiger partial charge in [0.2, 0.25) is 0 Å². The minimum absolute atomic E-state index is 0. The molecule has 0 aromatic carbocycles. The summed E-state index contributed by atoms with van der Waals surface area (Å²) in [6, 6.07) is 0. The minimum Gasteiger partial charge on any atom is -0.660 e. The molecule has 0 atom stereocenters. The van der Waals surface area contributed by atoms with Crippen molar-refractivity contribution in [2.45, 2.75) is 0 Å². The van der Waals surface area contributed by atoms with Crippen LogP contribution in [-0.2, 0) is 32.7 Å². The van der Waals surface area contributed by atoms with Crippen molar-refractivity contribution < 1.29 is 32.7 Å². The number of hydrogen-bond acceptors (Lipinski definition) is 1. The van der Waals surface area contributed by atoms with Gasteiger partial charge in [0.1, 0.15) is 0 Å². The summed E-state index contributed by atoms with van der Waals surface area (Å²) in [7, 11) is 0. The molecular weight excluding hydrogens is 165 g/mol. The minimum atomic E-state index is 0. The fourth-order valence-corrected chi connectivity index (χ4v) is 0.553. The van der Waals surface area contributed by atoms with Gasteiger partial charge in [-0.2, -0.15) is 0 Å². The Labute approximate surface area is 69.3 Å². The maximum atomic E-state index is 4.11. The van der Waals surface area contributed by atoms with E-state index in [1.54, 1.807) is 0 Å². The van der Waals surface area contributed by atoms with Crippen molar-refractivity contribution in [2.24, 2.45) is 0 Å². The van der Waals surface area contributed by atoms with Crippen molar-refractivity contribution in [3.63, 3.8) is 0 Å². The largest absolute Gasteiger partial charge is 3.00 e. The van der Waals surface area contributed by atoms with E-state index < -0.39 is 0 Å². The predicted molar refractivity (Wildman–Crippen MR) is 26.0 cm³/mol. The van der Waals surface area contributed by atoms with Crippen LogP contribution in [0.2, 0.25) is 0 Å². The van der Waals surface area contributed by atoms with Crippen molar-refractivity contribution in [1.29, 1.82) is 0 Å². The normalized spacial score (nSPS) is 20.6. The zero-order valence-electron chi connectivity index (χ0n) is 4.35. The molecule has 0 aromatic rings. The summed E-state index contributed by atoms with van der Waals surface area (Å²) in [4.78, 5) is 0. The first-order chi connectivity index (χ1) is 3.00. The molecule has 1 aliphatic heterocycles. The molecule has 0 aromatic heterocycles. The number of rotatable bonds is 0. The summed E-state index contributed by atoms with van der Waals surface area (Å²) < 4.78 is 0. The van der Waals surface area contributed by atoms with Crippen molar-refractivity contribution in [3.05, 3.63) is 5.32 Å². The molecule has 0 unspecified atom stereocenters. The molecule has 1 aliphatic rings. The molecule has 1 N–H and O–H groups in total. The van der Waals surface area contributed by atoms with Crippen molar-refractivity contribution in [2.75, 3.05) is 26.2 Å². The third-order valence-corrected chi connectivity index (χ3v) is 0.893. The van der Waals surface area contributed by atoms with Gasteiger partial charge in [0.25, 0.3) is 0 Å². The number of hydrogen-bond donors (Lipinski definition) is 1. The summed E-state index contributed by atoms with van der Waals surface area (Å²) >= 11 is 0. The van der Waals surface area contributed by atoms with Crippen LogP contribution in [0.25, 0.3) is 5.32 Å². The van der Waals surface area contributed by atoms with E-state index in [1.807, 2.05) is 0 Å². The van der Waals surface area contributed by atoms with E-state index in [1.165, 1.54) is 0 Å². The average molecular weight is 174 g/mol. The van der Waals surface area contributed by atoms with Gasteiger partial charge in [-0.1, -0.05) is 0 Å². The van der Waals surface area contributed by atoms with Crippen LogP contribution in [-0.4, -0.2) is 26.2 Å². The first-order valence-corrected chi connectivity index (χ1v) is 2.34. The maximum absolute atomic E-state index is 4.11. The van der Waals surface area contributed by atoms with Gasteiger partial charge in [-0.15, -0.1) is 13.1 Å². The quantitative estimate of drug-likeness (QED) is 0.547. The Kier molecular flexibility index (Phi) is 5.92. The van der Waals surface area contributed by atoms with E-state index in [9.17, 15) is 0 Å². The van der Waals surface area contributed by atoms with Crippen LogP contribution in [0, 0.1) is 0 Å². The first kappa shape index (κ1) is 8.02. The Morgan fingerprint density at radius 3 is 1.86 bits per heavy atom. The zero-order valence-corrected chi connectivity index (χ0v) is 7.19. The Morgan fingerprint density at radius 2 is 1.71 bits per heavy atom. The Hall–Kier alpha value is 1.02. The molecule has 7 heavy (non-hydrogen) atoms. The van der Waals surface area contributed by atoms with Crippen molar-refractivity contribution in [1.82, 2.24) is 5.32 Å². The monoisotopic (exact) mass is 174 g/mol. The van der Waals surface area contributed by atoms with Gasteiger partial charge in [-0.05, 0) is 13.1 Å². The van der Waals surface area contributed by atoms with Gasteiger partial charge in [0.15, 0.2) is 0 Å². The Bertz CT molecular complexity index is 25.2. The molecule has 1 fully saturated rings. The topological polar surface area (TPSA) is 26.1 Å². The van der Waals surface area contributed by atoms with Gasteiger partial charge in [0.05, 0.1) is 0 Å². The van der Waals surface area contributed by atoms with E-state index in [2.05, 4.69) is 10.6 Å². The van der Waals surface area contributed by atoms with Gasteiger partial charge in [-0.3, -0.25) is 0 Å². The molecule has 1 heterocycles. The Morgan fingerprint density at radius 1 is 1.14 bits per heavy atom. The van der Waals surface area contributed by atoms with Crippen LogP contribution in [0.5, 0.6) is 0 Å². The standard InChI is InChI=1S/C4H9N2.Y/c1-2-6-4-3-5-1;/h5H,1-4H2;/q-1;+3. The molecule has 0 bridgehead atoms. The fourth-order valence-electron chi connectivity index (χ4n) is 0.553. The van der Waals surface area contributed by atoms with Crippen molar-refractivity contribution in [3.8, 4) is 0 Å². The van der Waals surface area contributed by atoms with Gasteiger partial charge in [-0.25, -0.2) is 0 Å². The summed E-state index contributed by atoms with van der Waals surface area (Å²) in [5.41, 5.74) is 0. The average Bonchev–Trinajstić information content (AvgIpc) is 1.72. The zero-order chi connectivity index (χ0) is 4.24. The molecule has 2 nitrogen and oxygen atoms in total. The van der Waals surface area contributed by atoms with Crippen LogP contribution in [0.4, 0.5) is 0 Å². The molecule has 0 spiro atoms. The summed E-state index contributed by atoms with van der Waals surface area (Å²) in [6.07, 6.45) is 0. The number of nitrogens with one attached hydrogen (secondary N) is 1. The van der Waals surface area contributed by atoms with Crippen LogP contribution >= 0.6 is 0 Å². The van der Waals surface area contributed by atoms with Crippen LogP contribution < -0.4 is 5.32 Å². The fraction of sp³-hybridized carbons (Fsp3) is 1.00. The summed E-state index contributed by atoms with van der Waals surface area (Å²) in [5.74, 6) is 0. The van der Waals surface area contributed by atoms with Crippen LogP contribution in [0.1, 0.15) is 0 Å². The van der Waals surface area contributed by atoms with Gasteiger partial charge < -0.3 is 10.6 Å². The van der Waals surface area contributed by atoms with E-state index in [-0.39, 0.29) is 32.7 Å². The van der Waals surface area contributed by atoms with E-state index in [0.29, 0.717) is 0 Å². The molecular formula is C4H9N2Y+2.